The Morgan fingerprint density at radius 3 is 2.95 bits per heavy atom. The molecule has 3 rings (SSSR count). The van der Waals surface area contributed by atoms with Gasteiger partial charge in [-0.1, -0.05) is 18.5 Å². The molecule has 1 unspecified atom stereocenters. The molecule has 1 saturated heterocycles. The second-order valence-corrected chi connectivity index (χ2v) is 6.04. The molecular formula is C16H16ClNO3. The summed E-state index contributed by atoms with van der Waals surface area (Å²) >= 11 is 6.07. The molecule has 1 atom stereocenters. The number of anilines is 1. The van der Waals surface area contributed by atoms with E-state index in [4.69, 9.17) is 16.0 Å². The lowest BCUT2D eigenvalue weighted by atomic mass is 9.98. The minimum atomic E-state index is -0.590. The first-order chi connectivity index (χ1) is 10.1. The number of carbonyl (C=O) groups excluding carboxylic acids is 1. The molecule has 0 N–H and O–H groups in total. The lowest BCUT2D eigenvalue weighted by Crippen LogP contribution is -2.36. The number of aldehydes is 1. The van der Waals surface area contributed by atoms with E-state index in [1.807, 2.05) is 0 Å². The van der Waals surface area contributed by atoms with Crippen molar-refractivity contribution in [1.29, 1.82) is 0 Å². The molecular weight excluding hydrogens is 290 g/mol. The van der Waals surface area contributed by atoms with Crippen LogP contribution in [0.15, 0.2) is 27.4 Å². The summed E-state index contributed by atoms with van der Waals surface area (Å²) < 4.78 is 5.22. The molecule has 0 radical (unpaired) electrons. The molecule has 0 bridgehead atoms. The summed E-state index contributed by atoms with van der Waals surface area (Å²) in [4.78, 5) is 25.5. The number of fused-ring (bicyclic) bond motifs is 1. The van der Waals surface area contributed by atoms with E-state index in [2.05, 4.69) is 11.8 Å². The molecule has 1 aliphatic heterocycles. The van der Waals surface area contributed by atoms with Crippen LogP contribution in [0.5, 0.6) is 0 Å². The van der Waals surface area contributed by atoms with Crippen LogP contribution in [-0.4, -0.2) is 19.4 Å². The van der Waals surface area contributed by atoms with E-state index >= 15 is 0 Å². The highest BCUT2D eigenvalue weighted by molar-refractivity contribution is 6.31. The molecule has 0 spiro atoms. The molecule has 0 saturated carbocycles. The highest BCUT2D eigenvalue weighted by Crippen LogP contribution is 2.33. The molecule has 110 valence electrons. The second kappa shape index (κ2) is 5.53. The molecule has 0 aliphatic carbocycles. The Labute approximate surface area is 127 Å². The number of halogens is 1. The first kappa shape index (κ1) is 14.1. The third kappa shape index (κ3) is 2.56. The van der Waals surface area contributed by atoms with Crippen LogP contribution in [0.3, 0.4) is 0 Å². The van der Waals surface area contributed by atoms with Crippen LogP contribution in [0.4, 0.5) is 5.69 Å². The minimum Gasteiger partial charge on any atom is -0.422 e. The van der Waals surface area contributed by atoms with Gasteiger partial charge >= 0.3 is 5.63 Å². The van der Waals surface area contributed by atoms with Crippen molar-refractivity contribution >= 4 is 34.5 Å². The largest absolute Gasteiger partial charge is 0.422 e. The standard InChI is InChI=1S/C16H16ClNO3/c1-10-3-2-6-18(8-10)15-12-7-11(17)4-5-14(12)21-16(20)13(15)9-19/h4-5,7,9-10H,2-3,6,8H2,1H3. The minimum absolute atomic E-state index is 0.0823. The number of benzene rings is 1. The number of hydrogen-bond acceptors (Lipinski definition) is 4. The molecule has 1 aromatic heterocycles. The van der Waals surface area contributed by atoms with E-state index in [0.717, 1.165) is 31.3 Å². The Hall–Kier alpha value is -1.81. The Kier molecular flexibility index (Phi) is 3.72. The Bertz CT molecular complexity index is 753. The first-order valence-electron chi connectivity index (χ1n) is 7.06. The van der Waals surface area contributed by atoms with Crippen molar-refractivity contribution in [1.82, 2.24) is 0 Å². The summed E-state index contributed by atoms with van der Waals surface area (Å²) in [5.41, 5.74) is 0.612. The van der Waals surface area contributed by atoms with Gasteiger partial charge in [0.1, 0.15) is 11.1 Å². The SMILES string of the molecule is CC1CCCN(c2c(C=O)c(=O)oc3ccc(Cl)cc23)C1. The highest BCUT2D eigenvalue weighted by atomic mass is 35.5. The van der Waals surface area contributed by atoms with E-state index < -0.39 is 5.63 Å². The number of carbonyl (C=O) groups is 1. The number of piperidine rings is 1. The van der Waals surface area contributed by atoms with E-state index in [1.165, 1.54) is 0 Å². The van der Waals surface area contributed by atoms with Gasteiger partial charge in [0.2, 0.25) is 0 Å². The highest BCUT2D eigenvalue weighted by Gasteiger charge is 2.24. The molecule has 1 fully saturated rings. The van der Waals surface area contributed by atoms with Gasteiger partial charge in [0.05, 0.1) is 5.69 Å². The number of nitrogens with zero attached hydrogens (tertiary/aromatic N) is 1. The van der Waals surface area contributed by atoms with Crippen molar-refractivity contribution < 1.29 is 9.21 Å². The molecule has 1 aromatic carbocycles. The smallest absolute Gasteiger partial charge is 0.349 e. The van der Waals surface area contributed by atoms with Crippen LogP contribution >= 0.6 is 11.6 Å². The lowest BCUT2D eigenvalue weighted by Gasteiger charge is -2.33. The summed E-state index contributed by atoms with van der Waals surface area (Å²) in [7, 11) is 0. The van der Waals surface area contributed by atoms with Gasteiger partial charge in [0.15, 0.2) is 6.29 Å². The average Bonchev–Trinajstić information content (AvgIpc) is 2.46. The average molecular weight is 306 g/mol. The molecule has 0 amide bonds. The van der Waals surface area contributed by atoms with E-state index in [1.54, 1.807) is 18.2 Å². The van der Waals surface area contributed by atoms with Crippen molar-refractivity contribution in [2.75, 3.05) is 18.0 Å². The molecule has 5 heteroatoms. The maximum absolute atomic E-state index is 12.0. The third-order valence-corrected chi connectivity index (χ3v) is 4.20. The quantitative estimate of drug-likeness (QED) is 0.629. The zero-order chi connectivity index (χ0) is 15.0. The van der Waals surface area contributed by atoms with E-state index in [-0.39, 0.29) is 5.56 Å². The van der Waals surface area contributed by atoms with Crippen LogP contribution in [-0.2, 0) is 0 Å². The van der Waals surface area contributed by atoms with Gasteiger partial charge in [-0.25, -0.2) is 4.79 Å². The topological polar surface area (TPSA) is 50.5 Å². The summed E-state index contributed by atoms with van der Waals surface area (Å²) in [5, 5.41) is 1.28. The van der Waals surface area contributed by atoms with Gasteiger partial charge in [0, 0.05) is 23.5 Å². The maximum atomic E-state index is 12.0. The van der Waals surface area contributed by atoms with Gasteiger partial charge < -0.3 is 9.32 Å². The number of rotatable bonds is 2. The van der Waals surface area contributed by atoms with Crippen LogP contribution in [0.1, 0.15) is 30.1 Å². The predicted molar refractivity (Wildman–Crippen MR) is 83.5 cm³/mol. The van der Waals surface area contributed by atoms with Crippen molar-refractivity contribution in [3.8, 4) is 0 Å². The Morgan fingerprint density at radius 2 is 2.24 bits per heavy atom. The van der Waals surface area contributed by atoms with Crippen LogP contribution in [0.2, 0.25) is 5.02 Å². The van der Waals surface area contributed by atoms with Crippen LogP contribution in [0.25, 0.3) is 11.0 Å². The lowest BCUT2D eigenvalue weighted by molar-refractivity contribution is 0.112. The van der Waals surface area contributed by atoms with E-state index in [9.17, 15) is 9.59 Å². The zero-order valence-electron chi connectivity index (χ0n) is 11.8. The van der Waals surface area contributed by atoms with E-state index in [0.29, 0.717) is 28.5 Å². The third-order valence-electron chi connectivity index (χ3n) is 3.97. The van der Waals surface area contributed by atoms with Gasteiger partial charge in [-0.15, -0.1) is 0 Å². The van der Waals surface area contributed by atoms with Crippen LogP contribution < -0.4 is 10.5 Å². The fraction of sp³-hybridized carbons (Fsp3) is 0.375. The van der Waals surface area contributed by atoms with Gasteiger partial charge in [-0.2, -0.15) is 0 Å². The zero-order valence-corrected chi connectivity index (χ0v) is 12.5. The van der Waals surface area contributed by atoms with Crippen molar-refractivity contribution in [2.24, 2.45) is 5.92 Å². The summed E-state index contributed by atoms with van der Waals surface area (Å²) in [6.45, 7) is 3.83. The van der Waals surface area contributed by atoms with Crippen molar-refractivity contribution in [3.05, 3.63) is 39.2 Å². The fourth-order valence-corrected chi connectivity index (χ4v) is 3.18. The predicted octanol–water partition coefficient (Wildman–Crippen LogP) is 3.50. The molecule has 4 nitrogen and oxygen atoms in total. The summed E-state index contributed by atoms with van der Waals surface area (Å²) in [6.07, 6.45) is 2.79. The van der Waals surface area contributed by atoms with Gasteiger partial charge in [-0.05, 0) is 37.0 Å². The molecule has 1 aliphatic rings. The first-order valence-corrected chi connectivity index (χ1v) is 7.44. The molecule has 2 heterocycles. The monoisotopic (exact) mass is 305 g/mol. The van der Waals surface area contributed by atoms with Crippen molar-refractivity contribution in [2.45, 2.75) is 19.8 Å². The van der Waals surface area contributed by atoms with Gasteiger partial charge in [-0.3, -0.25) is 4.79 Å². The maximum Gasteiger partial charge on any atom is 0.349 e. The molecule has 21 heavy (non-hydrogen) atoms. The normalized spacial score (nSPS) is 19.0. The van der Waals surface area contributed by atoms with Gasteiger partial charge in [0.25, 0.3) is 0 Å². The molecule has 2 aromatic rings. The Morgan fingerprint density at radius 1 is 1.43 bits per heavy atom. The van der Waals surface area contributed by atoms with Crippen molar-refractivity contribution in [3.63, 3.8) is 0 Å². The second-order valence-electron chi connectivity index (χ2n) is 5.60. The fourth-order valence-electron chi connectivity index (χ4n) is 3.01. The number of hydrogen-bond donors (Lipinski definition) is 0. The summed E-state index contributed by atoms with van der Waals surface area (Å²) in [5.74, 6) is 0.528. The van der Waals surface area contributed by atoms with Crippen LogP contribution in [0, 0.1) is 5.92 Å². The Balaban J connectivity index is 2.28. The summed E-state index contributed by atoms with van der Waals surface area (Å²) in [6, 6.07) is 5.10.